The number of ether oxygens (including phenoxy) is 1. The first kappa shape index (κ1) is 28.4. The van der Waals surface area contributed by atoms with E-state index in [1.54, 1.807) is 29.7 Å². The lowest BCUT2D eigenvalue weighted by Gasteiger charge is -2.35. The van der Waals surface area contributed by atoms with Gasteiger partial charge in [-0.1, -0.05) is 12.1 Å². The number of rotatable bonds is 5. The number of urea groups is 1. The average Bonchev–Trinajstić information content (AvgIpc) is 3.30. The van der Waals surface area contributed by atoms with Gasteiger partial charge in [0.1, 0.15) is 0 Å². The standard InChI is InChI=1S/C24H33F3N6O4/c1-16-12-32(17(2)14-34)22(35)5-4-10-33-20(11-28-30-33)15-37-21(16)13-31(3)23(36)29-19-8-6-18(7-9-19)24(25,26)27/h6-9,11,16-17,21,34H,4-5,10,12-15H2,1-3H3,(H,29,36)/t16-,17+,21+/m1/s1. The summed E-state index contributed by atoms with van der Waals surface area (Å²) in [5, 5.41) is 20.3. The van der Waals surface area contributed by atoms with Gasteiger partial charge in [0.15, 0.2) is 0 Å². The van der Waals surface area contributed by atoms with E-state index in [4.69, 9.17) is 4.74 Å². The monoisotopic (exact) mass is 526 g/mol. The van der Waals surface area contributed by atoms with Gasteiger partial charge in [0.2, 0.25) is 5.91 Å². The molecule has 2 aromatic rings. The molecule has 1 aromatic heterocycles. The van der Waals surface area contributed by atoms with Crippen LogP contribution in [0.5, 0.6) is 0 Å². The summed E-state index contributed by atoms with van der Waals surface area (Å²) >= 11 is 0. The largest absolute Gasteiger partial charge is 0.416 e. The molecule has 13 heteroatoms. The molecule has 204 valence electrons. The van der Waals surface area contributed by atoms with Crippen LogP contribution in [0.25, 0.3) is 0 Å². The molecule has 0 unspecified atom stereocenters. The maximum Gasteiger partial charge on any atom is 0.416 e. The number of aryl methyl sites for hydroxylation is 1. The van der Waals surface area contributed by atoms with Gasteiger partial charge in [-0.15, -0.1) is 5.10 Å². The number of hydrogen-bond donors (Lipinski definition) is 2. The molecule has 1 aliphatic heterocycles. The van der Waals surface area contributed by atoms with Crippen molar-refractivity contribution in [2.45, 2.75) is 58.2 Å². The molecule has 2 N–H and O–H groups in total. The smallest absolute Gasteiger partial charge is 0.394 e. The van der Waals surface area contributed by atoms with Crippen LogP contribution in [-0.4, -0.2) is 80.7 Å². The molecule has 2 heterocycles. The Morgan fingerprint density at radius 2 is 2.03 bits per heavy atom. The fraction of sp³-hybridized carbons (Fsp3) is 0.583. The van der Waals surface area contributed by atoms with Gasteiger partial charge < -0.3 is 25.0 Å². The molecule has 0 saturated carbocycles. The zero-order valence-corrected chi connectivity index (χ0v) is 21.1. The number of aliphatic hydroxyl groups is 1. The van der Waals surface area contributed by atoms with Crippen LogP contribution in [0.4, 0.5) is 23.7 Å². The average molecular weight is 527 g/mol. The van der Waals surface area contributed by atoms with E-state index in [1.165, 1.54) is 17.0 Å². The molecule has 0 fully saturated rings. The Morgan fingerprint density at radius 3 is 2.68 bits per heavy atom. The third-order valence-electron chi connectivity index (χ3n) is 6.40. The van der Waals surface area contributed by atoms with E-state index in [9.17, 15) is 27.9 Å². The normalized spacial score (nSPS) is 20.4. The Bertz CT molecular complexity index is 1050. The molecule has 1 aromatic carbocycles. The highest BCUT2D eigenvalue weighted by Crippen LogP contribution is 2.30. The van der Waals surface area contributed by atoms with Crippen molar-refractivity contribution < 1.29 is 32.6 Å². The number of amides is 3. The van der Waals surface area contributed by atoms with E-state index in [2.05, 4.69) is 15.6 Å². The summed E-state index contributed by atoms with van der Waals surface area (Å²) in [6.45, 7) is 4.62. The molecule has 0 spiro atoms. The number of aromatic nitrogens is 3. The van der Waals surface area contributed by atoms with Crippen LogP contribution in [0.3, 0.4) is 0 Å². The zero-order valence-electron chi connectivity index (χ0n) is 21.1. The molecule has 3 rings (SSSR count). The zero-order chi connectivity index (χ0) is 27.2. The van der Waals surface area contributed by atoms with Gasteiger partial charge in [0, 0.05) is 44.7 Å². The number of carbonyl (C=O) groups excluding carboxylic acids is 2. The minimum Gasteiger partial charge on any atom is -0.394 e. The van der Waals surface area contributed by atoms with Gasteiger partial charge in [-0.2, -0.15) is 13.2 Å². The number of alkyl halides is 3. The van der Waals surface area contributed by atoms with Crippen molar-refractivity contribution in [3.05, 3.63) is 41.7 Å². The number of anilines is 1. The second kappa shape index (κ2) is 12.4. The lowest BCUT2D eigenvalue weighted by Crippen LogP contribution is -2.48. The Labute approximate surface area is 213 Å². The lowest BCUT2D eigenvalue weighted by molar-refractivity contribution is -0.138. The fourth-order valence-corrected chi connectivity index (χ4v) is 4.06. The molecule has 0 saturated heterocycles. The second-order valence-electron chi connectivity index (χ2n) is 9.34. The highest BCUT2D eigenvalue weighted by Gasteiger charge is 2.31. The van der Waals surface area contributed by atoms with Crippen LogP contribution in [0.15, 0.2) is 30.5 Å². The quantitative estimate of drug-likeness (QED) is 0.620. The van der Waals surface area contributed by atoms with Gasteiger partial charge in [-0.3, -0.25) is 4.79 Å². The van der Waals surface area contributed by atoms with E-state index in [0.29, 0.717) is 19.5 Å². The second-order valence-corrected chi connectivity index (χ2v) is 9.34. The predicted octanol–water partition coefficient (Wildman–Crippen LogP) is 2.99. The first-order valence-corrected chi connectivity index (χ1v) is 12.1. The Kier molecular flexibility index (Phi) is 9.49. The van der Waals surface area contributed by atoms with Crippen molar-refractivity contribution in [2.75, 3.05) is 32.1 Å². The number of carbonyl (C=O) groups is 2. The predicted molar refractivity (Wildman–Crippen MR) is 128 cm³/mol. The summed E-state index contributed by atoms with van der Waals surface area (Å²) in [6, 6.07) is 3.28. The maximum absolute atomic E-state index is 12.9. The van der Waals surface area contributed by atoms with Crippen molar-refractivity contribution in [1.82, 2.24) is 24.8 Å². The Morgan fingerprint density at radius 1 is 1.32 bits per heavy atom. The van der Waals surface area contributed by atoms with Crippen molar-refractivity contribution in [3.8, 4) is 0 Å². The van der Waals surface area contributed by atoms with Crippen molar-refractivity contribution in [3.63, 3.8) is 0 Å². The third-order valence-corrected chi connectivity index (χ3v) is 6.40. The molecule has 0 bridgehead atoms. The summed E-state index contributed by atoms with van der Waals surface area (Å²) in [6.07, 6.45) is -2.52. The number of halogens is 3. The van der Waals surface area contributed by atoms with Crippen molar-refractivity contribution in [2.24, 2.45) is 5.92 Å². The van der Waals surface area contributed by atoms with Crippen molar-refractivity contribution in [1.29, 1.82) is 0 Å². The van der Waals surface area contributed by atoms with Crippen LogP contribution in [0.2, 0.25) is 0 Å². The topological polar surface area (TPSA) is 113 Å². The molecule has 0 aliphatic carbocycles. The number of likely N-dealkylation sites (N-methyl/N-ethyl adjacent to an activating group) is 1. The van der Waals surface area contributed by atoms with Gasteiger partial charge in [-0.25, -0.2) is 9.48 Å². The molecule has 3 amide bonds. The Balaban J connectivity index is 1.74. The van der Waals surface area contributed by atoms with Crippen LogP contribution in [0.1, 0.15) is 37.9 Å². The van der Waals surface area contributed by atoms with Crippen LogP contribution in [0, 0.1) is 5.92 Å². The SMILES string of the molecule is C[C@@H]1CN([C@@H](C)CO)C(=O)CCCn2nncc2CO[C@H]1CN(C)C(=O)Nc1ccc(C(F)(F)F)cc1. The molecular weight excluding hydrogens is 493 g/mol. The van der Waals surface area contributed by atoms with Gasteiger partial charge in [0.25, 0.3) is 0 Å². The number of fused-ring (bicyclic) bond motifs is 1. The van der Waals surface area contributed by atoms with E-state index in [-0.39, 0.29) is 49.7 Å². The first-order valence-electron chi connectivity index (χ1n) is 12.1. The molecule has 3 atom stereocenters. The highest BCUT2D eigenvalue weighted by molar-refractivity contribution is 5.89. The molecular formula is C24H33F3N6O4. The van der Waals surface area contributed by atoms with Crippen LogP contribution in [-0.2, 0) is 28.9 Å². The first-order chi connectivity index (χ1) is 17.5. The summed E-state index contributed by atoms with van der Waals surface area (Å²) in [4.78, 5) is 28.7. The van der Waals surface area contributed by atoms with Gasteiger partial charge in [-0.05, 0) is 37.6 Å². The van der Waals surface area contributed by atoms with Crippen molar-refractivity contribution >= 4 is 17.6 Å². The van der Waals surface area contributed by atoms with Gasteiger partial charge >= 0.3 is 12.2 Å². The minimum absolute atomic E-state index is 0.0946. The van der Waals surface area contributed by atoms with E-state index in [1.807, 2.05) is 6.92 Å². The number of aliphatic hydroxyl groups excluding tert-OH is 1. The summed E-state index contributed by atoms with van der Waals surface area (Å²) in [7, 11) is 1.55. The Hall–Kier alpha value is -3.19. The molecule has 37 heavy (non-hydrogen) atoms. The number of nitrogens with one attached hydrogen (secondary N) is 1. The summed E-state index contributed by atoms with van der Waals surface area (Å²) in [5.74, 6) is -0.314. The minimum atomic E-state index is -4.46. The lowest BCUT2D eigenvalue weighted by atomic mass is 10.0. The highest BCUT2D eigenvalue weighted by atomic mass is 19.4. The van der Waals surface area contributed by atoms with E-state index < -0.39 is 23.9 Å². The van der Waals surface area contributed by atoms with Gasteiger partial charge in [0.05, 0.1) is 42.8 Å². The third kappa shape index (κ3) is 7.65. The molecule has 0 radical (unpaired) electrons. The number of hydrogen-bond acceptors (Lipinski definition) is 6. The fourth-order valence-electron chi connectivity index (χ4n) is 4.06. The molecule has 10 nitrogen and oxygen atoms in total. The number of benzene rings is 1. The van der Waals surface area contributed by atoms with Crippen LogP contribution >= 0.6 is 0 Å². The number of nitrogens with zero attached hydrogens (tertiary/aromatic N) is 5. The summed E-state index contributed by atoms with van der Waals surface area (Å²) in [5.41, 5.74) is 0.155. The maximum atomic E-state index is 12.9. The van der Waals surface area contributed by atoms with Crippen LogP contribution < -0.4 is 5.32 Å². The summed E-state index contributed by atoms with van der Waals surface area (Å²) < 4.78 is 46.3. The van der Waals surface area contributed by atoms with E-state index in [0.717, 1.165) is 17.8 Å². The molecule has 1 aliphatic rings. The van der Waals surface area contributed by atoms with E-state index >= 15 is 0 Å².